The van der Waals surface area contributed by atoms with E-state index < -0.39 is 17.6 Å². The van der Waals surface area contributed by atoms with Gasteiger partial charge in [-0.05, 0) is 66.3 Å². The fraction of sp³-hybridized carbons (Fsp3) is 0.0714. The van der Waals surface area contributed by atoms with E-state index in [1.54, 1.807) is 6.07 Å². The molecule has 0 saturated carbocycles. The Kier molecular flexibility index (Phi) is 5.02. The molecule has 162 valence electrons. The Labute approximate surface area is 191 Å². The quantitative estimate of drug-likeness (QED) is 0.400. The molecule has 1 aliphatic heterocycles. The highest BCUT2D eigenvalue weighted by molar-refractivity contribution is 6.47. The fourth-order valence-electron chi connectivity index (χ4n) is 4.12. The smallest absolute Gasteiger partial charge is 0.282 e. The van der Waals surface area contributed by atoms with Crippen LogP contribution < -0.4 is 10.2 Å². The SMILES string of the molecule is Cc1ccc(NC2=C(c3ccc(F)cc3)C(=O)N(c3cccc4ccccc34)C2=O)cc1C. The van der Waals surface area contributed by atoms with Crippen molar-refractivity contribution in [3.8, 4) is 0 Å². The van der Waals surface area contributed by atoms with Crippen LogP contribution in [0.4, 0.5) is 15.8 Å². The van der Waals surface area contributed by atoms with Gasteiger partial charge < -0.3 is 5.32 Å². The number of anilines is 2. The molecule has 1 aliphatic rings. The number of benzene rings is 4. The maximum absolute atomic E-state index is 13.7. The Bertz CT molecular complexity index is 1450. The lowest BCUT2D eigenvalue weighted by Gasteiger charge is -2.18. The topological polar surface area (TPSA) is 49.4 Å². The van der Waals surface area contributed by atoms with E-state index in [4.69, 9.17) is 0 Å². The molecular formula is C28H21FN2O2. The second-order valence-corrected chi connectivity index (χ2v) is 8.12. The van der Waals surface area contributed by atoms with E-state index >= 15 is 0 Å². The second-order valence-electron chi connectivity index (χ2n) is 8.12. The highest BCUT2D eigenvalue weighted by Gasteiger charge is 2.40. The minimum atomic E-state index is -0.450. The van der Waals surface area contributed by atoms with E-state index in [0.29, 0.717) is 16.9 Å². The standard InChI is InChI=1S/C28H21FN2O2/c1-17-10-15-22(16-18(17)2)30-26-25(20-11-13-21(29)14-12-20)27(32)31(28(26)33)24-9-5-7-19-6-3-4-8-23(19)24/h3-16,30H,1-2H3. The van der Waals surface area contributed by atoms with Crippen LogP contribution >= 0.6 is 0 Å². The second kappa shape index (κ2) is 8.02. The van der Waals surface area contributed by atoms with E-state index in [9.17, 15) is 14.0 Å². The molecule has 1 N–H and O–H groups in total. The molecule has 4 aromatic carbocycles. The number of carbonyl (C=O) groups is 2. The Morgan fingerprint density at radius 3 is 2.24 bits per heavy atom. The number of hydrogen-bond donors (Lipinski definition) is 1. The van der Waals surface area contributed by atoms with Crippen LogP contribution in [0, 0.1) is 19.7 Å². The molecule has 5 rings (SSSR count). The molecule has 33 heavy (non-hydrogen) atoms. The number of nitrogens with one attached hydrogen (secondary N) is 1. The van der Waals surface area contributed by atoms with Crippen LogP contribution in [0.15, 0.2) is 90.6 Å². The number of fused-ring (bicyclic) bond motifs is 1. The molecule has 5 heteroatoms. The van der Waals surface area contributed by atoms with Crippen molar-refractivity contribution in [2.75, 3.05) is 10.2 Å². The van der Waals surface area contributed by atoms with Crippen molar-refractivity contribution in [2.24, 2.45) is 0 Å². The van der Waals surface area contributed by atoms with Crippen LogP contribution in [-0.2, 0) is 9.59 Å². The van der Waals surface area contributed by atoms with Crippen molar-refractivity contribution in [2.45, 2.75) is 13.8 Å². The first-order chi connectivity index (χ1) is 15.9. The zero-order chi connectivity index (χ0) is 23.1. The molecule has 0 saturated heterocycles. The molecule has 0 radical (unpaired) electrons. The van der Waals surface area contributed by atoms with Gasteiger partial charge in [-0.1, -0.05) is 54.6 Å². The van der Waals surface area contributed by atoms with Crippen molar-refractivity contribution in [1.82, 2.24) is 0 Å². The van der Waals surface area contributed by atoms with Crippen molar-refractivity contribution in [3.63, 3.8) is 0 Å². The summed E-state index contributed by atoms with van der Waals surface area (Å²) in [6, 6.07) is 24.5. The molecule has 0 atom stereocenters. The molecule has 0 aliphatic carbocycles. The Balaban J connectivity index is 1.66. The number of amides is 2. The van der Waals surface area contributed by atoms with Crippen molar-refractivity contribution in [1.29, 1.82) is 0 Å². The van der Waals surface area contributed by atoms with Gasteiger partial charge >= 0.3 is 0 Å². The number of aryl methyl sites for hydroxylation is 2. The Morgan fingerprint density at radius 1 is 0.758 bits per heavy atom. The maximum Gasteiger partial charge on any atom is 0.282 e. The average Bonchev–Trinajstić information content (AvgIpc) is 3.05. The largest absolute Gasteiger partial charge is 0.350 e. The maximum atomic E-state index is 13.7. The normalized spacial score (nSPS) is 13.8. The summed E-state index contributed by atoms with van der Waals surface area (Å²) < 4.78 is 13.6. The molecular weight excluding hydrogens is 415 g/mol. The summed E-state index contributed by atoms with van der Waals surface area (Å²) in [5, 5.41) is 4.90. The summed E-state index contributed by atoms with van der Waals surface area (Å²) >= 11 is 0. The number of nitrogens with zero attached hydrogens (tertiary/aromatic N) is 1. The van der Waals surface area contributed by atoms with Crippen LogP contribution in [0.3, 0.4) is 0 Å². The minimum absolute atomic E-state index is 0.169. The van der Waals surface area contributed by atoms with Gasteiger partial charge in [-0.2, -0.15) is 0 Å². The highest BCUT2D eigenvalue weighted by atomic mass is 19.1. The number of hydrogen-bond acceptors (Lipinski definition) is 3. The number of carbonyl (C=O) groups excluding carboxylic acids is 2. The summed E-state index contributed by atoms with van der Waals surface area (Å²) in [6.45, 7) is 3.99. The Morgan fingerprint density at radius 2 is 1.48 bits per heavy atom. The highest BCUT2D eigenvalue weighted by Crippen LogP contribution is 2.37. The summed E-state index contributed by atoms with van der Waals surface area (Å²) in [5.41, 5.74) is 4.26. The van der Waals surface area contributed by atoms with Crippen molar-refractivity contribution < 1.29 is 14.0 Å². The van der Waals surface area contributed by atoms with Gasteiger partial charge in [0.2, 0.25) is 0 Å². The summed E-state index contributed by atoms with van der Waals surface area (Å²) in [5.74, 6) is -1.31. The van der Waals surface area contributed by atoms with Crippen LogP contribution in [0.2, 0.25) is 0 Å². The first-order valence-electron chi connectivity index (χ1n) is 10.6. The first-order valence-corrected chi connectivity index (χ1v) is 10.6. The predicted molar refractivity (Wildman–Crippen MR) is 129 cm³/mol. The third kappa shape index (κ3) is 3.57. The molecule has 2 amide bonds. The summed E-state index contributed by atoms with van der Waals surface area (Å²) in [6.07, 6.45) is 0. The average molecular weight is 436 g/mol. The molecule has 1 heterocycles. The lowest BCUT2D eigenvalue weighted by atomic mass is 10.0. The predicted octanol–water partition coefficient (Wildman–Crippen LogP) is 5.99. The van der Waals surface area contributed by atoms with E-state index in [-0.39, 0.29) is 11.3 Å². The summed E-state index contributed by atoms with van der Waals surface area (Å²) in [7, 11) is 0. The first kappa shape index (κ1) is 20.6. The third-order valence-electron chi connectivity index (χ3n) is 6.00. The molecule has 0 unspecified atom stereocenters. The van der Waals surface area contributed by atoms with Crippen LogP contribution in [-0.4, -0.2) is 11.8 Å². The molecule has 4 nitrogen and oxygen atoms in total. The summed E-state index contributed by atoms with van der Waals surface area (Å²) in [4.78, 5) is 28.6. The molecule has 0 spiro atoms. The lowest BCUT2D eigenvalue weighted by Crippen LogP contribution is -2.32. The molecule has 0 fully saturated rings. The van der Waals surface area contributed by atoms with Gasteiger partial charge in [0.15, 0.2) is 0 Å². The Hall–Kier alpha value is -4.25. The van der Waals surface area contributed by atoms with Crippen LogP contribution in [0.5, 0.6) is 0 Å². The van der Waals surface area contributed by atoms with Crippen molar-refractivity contribution >= 4 is 39.5 Å². The molecule has 0 bridgehead atoms. The van der Waals surface area contributed by atoms with Crippen molar-refractivity contribution in [3.05, 3.63) is 113 Å². The van der Waals surface area contributed by atoms with Crippen LogP contribution in [0.1, 0.15) is 16.7 Å². The monoisotopic (exact) mass is 436 g/mol. The van der Waals surface area contributed by atoms with Gasteiger partial charge in [-0.3, -0.25) is 9.59 Å². The zero-order valence-corrected chi connectivity index (χ0v) is 18.2. The van der Waals surface area contributed by atoms with E-state index in [2.05, 4.69) is 5.32 Å². The zero-order valence-electron chi connectivity index (χ0n) is 18.2. The minimum Gasteiger partial charge on any atom is -0.350 e. The number of rotatable bonds is 4. The van der Waals surface area contributed by atoms with Crippen LogP contribution in [0.25, 0.3) is 16.3 Å². The van der Waals surface area contributed by atoms with Gasteiger partial charge in [-0.15, -0.1) is 0 Å². The molecule has 0 aromatic heterocycles. The van der Waals surface area contributed by atoms with Gasteiger partial charge in [0.25, 0.3) is 11.8 Å². The van der Waals surface area contributed by atoms with Gasteiger partial charge in [-0.25, -0.2) is 9.29 Å². The van der Waals surface area contributed by atoms with E-state index in [1.807, 2.05) is 68.4 Å². The van der Waals surface area contributed by atoms with Gasteiger partial charge in [0.1, 0.15) is 11.5 Å². The lowest BCUT2D eigenvalue weighted by molar-refractivity contribution is -0.120. The number of halogens is 1. The van der Waals surface area contributed by atoms with E-state index in [1.165, 1.54) is 29.2 Å². The van der Waals surface area contributed by atoms with Gasteiger partial charge in [0, 0.05) is 11.1 Å². The number of imide groups is 1. The van der Waals surface area contributed by atoms with Gasteiger partial charge in [0.05, 0.1) is 11.3 Å². The fourth-order valence-corrected chi connectivity index (χ4v) is 4.12. The third-order valence-corrected chi connectivity index (χ3v) is 6.00. The van der Waals surface area contributed by atoms with E-state index in [0.717, 1.165) is 21.9 Å². The molecule has 4 aromatic rings.